The highest BCUT2D eigenvalue weighted by Crippen LogP contribution is 2.35. The summed E-state index contributed by atoms with van der Waals surface area (Å²) in [4.78, 5) is 37.8. The van der Waals surface area contributed by atoms with Gasteiger partial charge in [-0.25, -0.2) is 18.0 Å². The van der Waals surface area contributed by atoms with Crippen molar-refractivity contribution in [1.82, 2.24) is 0 Å². The van der Waals surface area contributed by atoms with Gasteiger partial charge in [0.1, 0.15) is 9.88 Å². The van der Waals surface area contributed by atoms with Crippen LogP contribution in [-0.2, 0) is 19.3 Å². The average Bonchev–Trinajstić information content (AvgIpc) is 3.40. The number of sulfone groups is 1. The number of nitrogens with one attached hydrogen (secondary N) is 1. The van der Waals surface area contributed by atoms with Gasteiger partial charge in [0.05, 0.1) is 23.7 Å². The van der Waals surface area contributed by atoms with Crippen molar-refractivity contribution in [2.24, 2.45) is 0 Å². The Balaban J connectivity index is 1.92. The van der Waals surface area contributed by atoms with Crippen molar-refractivity contribution < 1.29 is 36.7 Å². The second kappa shape index (κ2) is 10.2. The van der Waals surface area contributed by atoms with Gasteiger partial charge in [-0.2, -0.15) is 0 Å². The summed E-state index contributed by atoms with van der Waals surface area (Å²) in [5.41, 5.74) is 1.21. The highest BCUT2D eigenvalue weighted by molar-refractivity contribution is 7.91. The topological polar surface area (TPSA) is 129 Å². The Labute approximate surface area is 200 Å². The fraction of sp³-hybridized carbons (Fsp3) is 0.261. The van der Waals surface area contributed by atoms with Crippen LogP contribution in [0.15, 0.2) is 50.8 Å². The van der Waals surface area contributed by atoms with Gasteiger partial charge in [-0.15, -0.1) is 11.3 Å². The SMILES string of the molecule is CCOC(=O)c1sc(NC(=O)c2ccc(S(=O)(=O)c3ccc(C)cc3)o2)c(C(=O)OCC)c1C. The molecule has 9 nitrogen and oxygen atoms in total. The number of esters is 2. The van der Waals surface area contributed by atoms with Crippen molar-refractivity contribution in [3.05, 3.63) is 63.7 Å². The number of anilines is 1. The van der Waals surface area contributed by atoms with Crippen LogP contribution in [0.2, 0.25) is 0 Å². The molecule has 34 heavy (non-hydrogen) atoms. The maximum atomic E-state index is 12.8. The van der Waals surface area contributed by atoms with Crippen LogP contribution in [-0.4, -0.2) is 39.5 Å². The standard InChI is InChI=1S/C23H23NO8S2/c1-5-30-22(26)18-14(4)19(23(27)31-6-2)33-21(18)24-20(25)16-11-12-17(32-16)34(28,29)15-9-7-13(3)8-10-15/h7-12H,5-6H2,1-4H3,(H,24,25). The van der Waals surface area contributed by atoms with E-state index in [-0.39, 0.29) is 39.3 Å². The van der Waals surface area contributed by atoms with Crippen molar-refractivity contribution in [1.29, 1.82) is 0 Å². The predicted octanol–water partition coefficient (Wildman–Crippen LogP) is 4.40. The van der Waals surface area contributed by atoms with Crippen molar-refractivity contribution in [3.63, 3.8) is 0 Å². The van der Waals surface area contributed by atoms with E-state index in [0.29, 0.717) is 5.56 Å². The second-order valence-electron chi connectivity index (χ2n) is 7.09. The van der Waals surface area contributed by atoms with Crippen molar-refractivity contribution in [2.45, 2.75) is 37.7 Å². The van der Waals surface area contributed by atoms with Gasteiger partial charge in [0, 0.05) is 0 Å². The molecule has 0 aliphatic rings. The first-order valence-corrected chi connectivity index (χ1v) is 12.6. The van der Waals surface area contributed by atoms with Gasteiger partial charge >= 0.3 is 11.9 Å². The Bertz CT molecular complexity index is 1330. The molecule has 1 aromatic carbocycles. The average molecular weight is 506 g/mol. The van der Waals surface area contributed by atoms with Gasteiger partial charge in [0.25, 0.3) is 5.91 Å². The molecule has 0 fully saturated rings. The zero-order valence-electron chi connectivity index (χ0n) is 19.0. The van der Waals surface area contributed by atoms with Crippen LogP contribution in [0.3, 0.4) is 0 Å². The van der Waals surface area contributed by atoms with Gasteiger partial charge in [0.2, 0.25) is 14.9 Å². The summed E-state index contributed by atoms with van der Waals surface area (Å²) in [7, 11) is -3.97. The predicted molar refractivity (Wildman–Crippen MR) is 124 cm³/mol. The third kappa shape index (κ3) is 5.05. The Morgan fingerprint density at radius 3 is 2.18 bits per heavy atom. The first kappa shape index (κ1) is 25.2. The second-order valence-corrected chi connectivity index (χ2v) is 9.99. The van der Waals surface area contributed by atoms with Crippen molar-refractivity contribution >= 4 is 44.0 Å². The van der Waals surface area contributed by atoms with Crippen LogP contribution in [0.1, 0.15) is 55.6 Å². The highest BCUT2D eigenvalue weighted by Gasteiger charge is 2.29. The molecule has 180 valence electrons. The largest absolute Gasteiger partial charge is 0.462 e. The van der Waals surface area contributed by atoms with Crippen LogP contribution in [0.5, 0.6) is 0 Å². The van der Waals surface area contributed by atoms with Crippen LogP contribution in [0.25, 0.3) is 0 Å². The summed E-state index contributed by atoms with van der Waals surface area (Å²) in [5.74, 6) is -2.44. The summed E-state index contributed by atoms with van der Waals surface area (Å²) >= 11 is 0.855. The fourth-order valence-electron chi connectivity index (χ4n) is 3.03. The minimum Gasteiger partial charge on any atom is -0.462 e. The highest BCUT2D eigenvalue weighted by atomic mass is 32.2. The molecule has 0 aliphatic carbocycles. The molecule has 1 N–H and O–H groups in total. The lowest BCUT2D eigenvalue weighted by Gasteiger charge is -2.06. The van der Waals surface area contributed by atoms with Crippen LogP contribution in [0, 0.1) is 13.8 Å². The van der Waals surface area contributed by atoms with Crippen molar-refractivity contribution in [3.8, 4) is 0 Å². The molecule has 0 atom stereocenters. The number of ether oxygens (including phenoxy) is 2. The molecule has 0 bridgehead atoms. The fourth-order valence-corrected chi connectivity index (χ4v) is 5.28. The number of furan rings is 1. The number of carbonyl (C=O) groups excluding carboxylic acids is 3. The van der Waals surface area contributed by atoms with E-state index in [1.165, 1.54) is 24.3 Å². The summed E-state index contributed by atoms with van der Waals surface area (Å²) in [5, 5.41) is 2.18. The Kier molecular flexibility index (Phi) is 7.57. The van der Waals surface area contributed by atoms with Gasteiger partial charge in [-0.1, -0.05) is 17.7 Å². The molecule has 3 aromatic rings. The lowest BCUT2D eigenvalue weighted by molar-refractivity contribution is 0.0527. The number of hydrogen-bond acceptors (Lipinski definition) is 9. The summed E-state index contributed by atoms with van der Waals surface area (Å²) in [6, 6.07) is 8.60. The molecular weight excluding hydrogens is 482 g/mol. The monoisotopic (exact) mass is 505 g/mol. The first-order chi connectivity index (χ1) is 16.1. The Morgan fingerprint density at radius 1 is 0.941 bits per heavy atom. The number of benzene rings is 1. The summed E-state index contributed by atoms with van der Waals surface area (Å²) < 4.78 is 41.0. The number of amides is 1. The molecule has 11 heteroatoms. The van der Waals surface area contributed by atoms with E-state index < -0.39 is 32.8 Å². The van der Waals surface area contributed by atoms with E-state index >= 15 is 0 Å². The molecule has 0 aliphatic heterocycles. The number of rotatable bonds is 8. The Morgan fingerprint density at radius 2 is 1.56 bits per heavy atom. The molecule has 0 saturated heterocycles. The first-order valence-electron chi connectivity index (χ1n) is 10.3. The van der Waals surface area contributed by atoms with E-state index in [0.717, 1.165) is 16.9 Å². The maximum absolute atomic E-state index is 12.8. The zero-order valence-corrected chi connectivity index (χ0v) is 20.6. The molecule has 2 aromatic heterocycles. The number of aryl methyl sites for hydroxylation is 1. The van der Waals surface area contributed by atoms with Crippen LogP contribution in [0.4, 0.5) is 5.00 Å². The van der Waals surface area contributed by atoms with Crippen LogP contribution < -0.4 is 5.32 Å². The number of carbonyl (C=O) groups is 3. The van der Waals surface area contributed by atoms with Crippen molar-refractivity contribution in [2.75, 3.05) is 18.5 Å². The van der Waals surface area contributed by atoms with E-state index in [9.17, 15) is 22.8 Å². The minimum atomic E-state index is -3.97. The molecule has 1 amide bonds. The third-order valence-corrected chi connectivity index (χ3v) is 7.54. The smallest absolute Gasteiger partial charge is 0.348 e. The lowest BCUT2D eigenvalue weighted by Crippen LogP contribution is -2.14. The lowest BCUT2D eigenvalue weighted by atomic mass is 10.1. The van der Waals surface area contributed by atoms with E-state index in [1.807, 2.05) is 6.92 Å². The third-order valence-electron chi connectivity index (χ3n) is 4.72. The van der Waals surface area contributed by atoms with Crippen LogP contribution >= 0.6 is 11.3 Å². The summed E-state index contributed by atoms with van der Waals surface area (Å²) in [6.07, 6.45) is 0. The van der Waals surface area contributed by atoms with E-state index in [1.54, 1.807) is 32.9 Å². The molecule has 0 radical (unpaired) electrons. The maximum Gasteiger partial charge on any atom is 0.348 e. The van der Waals surface area contributed by atoms with Gasteiger partial charge in [0.15, 0.2) is 5.76 Å². The Hall–Kier alpha value is -3.44. The van der Waals surface area contributed by atoms with Gasteiger partial charge in [-0.05, 0) is 57.5 Å². The molecule has 0 unspecified atom stereocenters. The molecule has 2 heterocycles. The molecule has 0 spiro atoms. The molecule has 0 saturated carbocycles. The zero-order chi connectivity index (χ0) is 25.0. The molecule has 3 rings (SSSR count). The molecular formula is C23H23NO8S2. The quantitative estimate of drug-likeness (QED) is 0.446. The van der Waals surface area contributed by atoms with Gasteiger partial charge in [-0.3, -0.25) is 4.79 Å². The summed E-state index contributed by atoms with van der Waals surface area (Å²) in [6.45, 7) is 6.88. The normalized spacial score (nSPS) is 11.2. The number of hydrogen-bond donors (Lipinski definition) is 1. The minimum absolute atomic E-state index is 0.0160. The number of thiophene rings is 1. The van der Waals surface area contributed by atoms with E-state index in [4.69, 9.17) is 13.9 Å². The van der Waals surface area contributed by atoms with Gasteiger partial charge < -0.3 is 19.2 Å². The van der Waals surface area contributed by atoms with E-state index in [2.05, 4.69) is 5.32 Å².